The molecule has 0 saturated carbocycles. The van der Waals surface area contributed by atoms with Gasteiger partial charge in [0.25, 0.3) is 0 Å². The van der Waals surface area contributed by atoms with E-state index in [9.17, 15) is 18.0 Å². The lowest BCUT2D eigenvalue weighted by Crippen LogP contribution is -2.50. The first-order valence-electron chi connectivity index (χ1n) is 8.33. The Morgan fingerprint density at radius 1 is 1.29 bits per heavy atom. The highest BCUT2D eigenvalue weighted by Crippen LogP contribution is 2.27. The first-order chi connectivity index (χ1) is 11.4. The average Bonchev–Trinajstić information content (AvgIpc) is 2.94. The number of carbonyl (C=O) groups excluding carboxylic acids is 2. The Hall–Kier alpha value is -1.89. The summed E-state index contributed by atoms with van der Waals surface area (Å²) in [5.74, 6) is -1.12. The number of likely N-dealkylation sites (N-methyl/N-ethyl adjacent to an activating group) is 1. The minimum absolute atomic E-state index is 0.0452. The van der Waals surface area contributed by atoms with Crippen LogP contribution in [0.4, 0.5) is 5.69 Å². The average molecular weight is 350 g/mol. The van der Waals surface area contributed by atoms with Crippen LogP contribution >= 0.6 is 0 Å². The molecular formula is C17H22N2O4S. The molecule has 1 aromatic rings. The monoisotopic (exact) mass is 350 g/mol. The normalized spacial score (nSPS) is 22.0. The first kappa shape index (κ1) is 17.0. The summed E-state index contributed by atoms with van der Waals surface area (Å²) in [5, 5.41) is 0. The fraction of sp³-hybridized carbons (Fsp3) is 0.529. The summed E-state index contributed by atoms with van der Waals surface area (Å²) in [6, 6.07) is 7.22. The van der Waals surface area contributed by atoms with Crippen molar-refractivity contribution in [1.29, 1.82) is 0 Å². The molecule has 3 rings (SSSR count). The number of fused-ring (bicyclic) bond motifs is 1. The Labute approximate surface area is 142 Å². The quantitative estimate of drug-likeness (QED) is 0.746. The molecule has 7 heteroatoms. The zero-order valence-corrected chi connectivity index (χ0v) is 14.6. The first-order valence-corrected chi connectivity index (χ1v) is 10.2. The van der Waals surface area contributed by atoms with Gasteiger partial charge in [-0.15, -0.1) is 0 Å². The summed E-state index contributed by atoms with van der Waals surface area (Å²) in [4.78, 5) is 28.4. The van der Waals surface area contributed by atoms with Crippen molar-refractivity contribution < 1.29 is 18.0 Å². The van der Waals surface area contributed by atoms with E-state index in [1.54, 1.807) is 6.92 Å². The number of hydrogen-bond acceptors (Lipinski definition) is 4. The molecule has 6 nitrogen and oxygen atoms in total. The Morgan fingerprint density at radius 2 is 2.04 bits per heavy atom. The third-order valence-corrected chi connectivity index (χ3v) is 6.54. The molecule has 0 radical (unpaired) electrons. The zero-order valence-electron chi connectivity index (χ0n) is 13.8. The van der Waals surface area contributed by atoms with Crippen LogP contribution in [0.3, 0.4) is 0 Å². The van der Waals surface area contributed by atoms with Crippen molar-refractivity contribution in [3.8, 4) is 0 Å². The van der Waals surface area contributed by atoms with E-state index in [1.165, 1.54) is 9.80 Å². The minimum Gasteiger partial charge on any atom is -0.331 e. The molecule has 0 spiro atoms. The molecule has 2 amide bonds. The number of nitrogens with zero attached hydrogens (tertiary/aromatic N) is 2. The van der Waals surface area contributed by atoms with Gasteiger partial charge in [-0.05, 0) is 37.8 Å². The van der Waals surface area contributed by atoms with Gasteiger partial charge < -0.3 is 9.80 Å². The van der Waals surface area contributed by atoms with Gasteiger partial charge in [0.1, 0.15) is 0 Å². The SMILES string of the molecule is CCN(C(=O)C(=O)N1CCCc2ccccc21)C1CCS(=O)(=O)C1. The van der Waals surface area contributed by atoms with Gasteiger partial charge in [-0.1, -0.05) is 18.2 Å². The van der Waals surface area contributed by atoms with Gasteiger partial charge in [-0.2, -0.15) is 0 Å². The number of hydrogen-bond donors (Lipinski definition) is 0. The largest absolute Gasteiger partial charge is 0.331 e. The predicted molar refractivity (Wildman–Crippen MR) is 91.6 cm³/mol. The van der Waals surface area contributed by atoms with E-state index in [2.05, 4.69) is 0 Å². The van der Waals surface area contributed by atoms with Gasteiger partial charge >= 0.3 is 11.8 Å². The summed E-state index contributed by atoms with van der Waals surface area (Å²) in [5.41, 5.74) is 1.86. The van der Waals surface area contributed by atoms with Crippen molar-refractivity contribution in [1.82, 2.24) is 4.90 Å². The summed E-state index contributed by atoms with van der Waals surface area (Å²) < 4.78 is 23.4. The highest BCUT2D eigenvalue weighted by molar-refractivity contribution is 7.91. The van der Waals surface area contributed by atoms with E-state index in [0.29, 0.717) is 19.5 Å². The fourth-order valence-corrected chi connectivity index (χ4v) is 5.30. The third kappa shape index (κ3) is 3.17. The van der Waals surface area contributed by atoms with Gasteiger partial charge in [-0.25, -0.2) is 8.42 Å². The smallest absolute Gasteiger partial charge is 0.316 e. The number of sulfone groups is 1. The number of aryl methyl sites for hydroxylation is 1. The molecule has 0 N–H and O–H groups in total. The van der Waals surface area contributed by atoms with Crippen LogP contribution in [-0.2, 0) is 25.8 Å². The van der Waals surface area contributed by atoms with Crippen LogP contribution in [-0.4, -0.2) is 55.8 Å². The molecule has 1 saturated heterocycles. The molecule has 0 bridgehead atoms. The van der Waals surface area contributed by atoms with Crippen LogP contribution in [0.5, 0.6) is 0 Å². The van der Waals surface area contributed by atoms with Gasteiger partial charge in [-0.3, -0.25) is 9.59 Å². The molecule has 2 aliphatic heterocycles. The molecule has 0 aromatic heterocycles. The number of carbonyl (C=O) groups is 2. The van der Waals surface area contributed by atoms with E-state index >= 15 is 0 Å². The highest BCUT2D eigenvalue weighted by Gasteiger charge is 2.38. The maximum atomic E-state index is 12.8. The van der Waals surface area contributed by atoms with Crippen molar-refractivity contribution in [3.63, 3.8) is 0 Å². The Kier molecular flexibility index (Phi) is 4.62. The molecule has 1 atom stereocenters. The molecule has 1 unspecified atom stereocenters. The van der Waals surface area contributed by atoms with E-state index in [-0.39, 0.29) is 11.5 Å². The number of amides is 2. The Morgan fingerprint density at radius 3 is 2.71 bits per heavy atom. The van der Waals surface area contributed by atoms with E-state index < -0.39 is 27.7 Å². The predicted octanol–water partition coefficient (Wildman–Crippen LogP) is 1.00. The van der Waals surface area contributed by atoms with Crippen molar-refractivity contribution in [2.24, 2.45) is 0 Å². The third-order valence-electron chi connectivity index (χ3n) is 4.79. The standard InChI is InChI=1S/C17H22N2O4S/c1-2-18(14-9-11-24(22,23)12-14)16(20)17(21)19-10-5-7-13-6-3-4-8-15(13)19/h3-4,6,8,14H,2,5,7,9-12H2,1H3. The van der Waals surface area contributed by atoms with Crippen LogP contribution in [0.1, 0.15) is 25.3 Å². The highest BCUT2D eigenvalue weighted by atomic mass is 32.2. The maximum absolute atomic E-state index is 12.8. The molecule has 2 aliphatic rings. The van der Waals surface area contributed by atoms with Crippen molar-refractivity contribution >= 4 is 27.3 Å². The van der Waals surface area contributed by atoms with E-state index in [4.69, 9.17) is 0 Å². The Balaban J connectivity index is 1.81. The lowest BCUT2D eigenvalue weighted by Gasteiger charge is -2.32. The zero-order chi connectivity index (χ0) is 17.3. The maximum Gasteiger partial charge on any atom is 0.316 e. The lowest BCUT2D eigenvalue weighted by atomic mass is 10.0. The minimum atomic E-state index is -3.10. The van der Waals surface area contributed by atoms with Crippen LogP contribution in [0.15, 0.2) is 24.3 Å². The number of para-hydroxylation sites is 1. The van der Waals surface area contributed by atoms with Gasteiger partial charge in [0, 0.05) is 24.8 Å². The molecule has 1 aromatic carbocycles. The van der Waals surface area contributed by atoms with Crippen LogP contribution in [0, 0.1) is 0 Å². The number of anilines is 1. The van der Waals surface area contributed by atoms with E-state index in [1.807, 2.05) is 24.3 Å². The lowest BCUT2D eigenvalue weighted by molar-refractivity contribution is -0.145. The summed E-state index contributed by atoms with van der Waals surface area (Å²) in [6.07, 6.45) is 2.12. The summed E-state index contributed by atoms with van der Waals surface area (Å²) in [7, 11) is -3.10. The fourth-order valence-electron chi connectivity index (χ4n) is 3.57. The van der Waals surface area contributed by atoms with Crippen molar-refractivity contribution in [3.05, 3.63) is 29.8 Å². The Bertz CT molecular complexity index is 760. The molecule has 0 aliphatic carbocycles. The molecule has 1 fully saturated rings. The molecule has 130 valence electrons. The molecular weight excluding hydrogens is 328 g/mol. The second-order valence-electron chi connectivity index (χ2n) is 6.34. The second kappa shape index (κ2) is 6.55. The van der Waals surface area contributed by atoms with Crippen LogP contribution in [0.2, 0.25) is 0 Å². The summed E-state index contributed by atoms with van der Waals surface area (Å²) in [6.45, 7) is 2.63. The van der Waals surface area contributed by atoms with Crippen LogP contribution in [0.25, 0.3) is 0 Å². The number of benzene rings is 1. The second-order valence-corrected chi connectivity index (χ2v) is 8.57. The van der Waals surface area contributed by atoms with Crippen LogP contribution < -0.4 is 4.90 Å². The van der Waals surface area contributed by atoms with Crippen molar-refractivity contribution in [2.45, 2.75) is 32.2 Å². The van der Waals surface area contributed by atoms with Gasteiger partial charge in [0.05, 0.1) is 11.5 Å². The topological polar surface area (TPSA) is 74.8 Å². The summed E-state index contributed by atoms with van der Waals surface area (Å²) >= 11 is 0. The molecule has 2 heterocycles. The van der Waals surface area contributed by atoms with E-state index in [0.717, 1.165) is 24.1 Å². The van der Waals surface area contributed by atoms with Crippen molar-refractivity contribution in [2.75, 3.05) is 29.5 Å². The number of rotatable bonds is 2. The molecule has 24 heavy (non-hydrogen) atoms. The van der Waals surface area contributed by atoms with Gasteiger partial charge in [0.2, 0.25) is 0 Å². The van der Waals surface area contributed by atoms with Gasteiger partial charge in [0.15, 0.2) is 9.84 Å².